The molecule has 0 fully saturated rings. The summed E-state index contributed by atoms with van der Waals surface area (Å²) in [6.45, 7) is 4.37. The zero-order valence-corrected chi connectivity index (χ0v) is 7.85. The second-order valence-corrected chi connectivity index (χ2v) is 3.91. The summed E-state index contributed by atoms with van der Waals surface area (Å²) >= 11 is 0. The lowest BCUT2D eigenvalue weighted by Gasteiger charge is -2.07. The zero-order valence-electron chi connectivity index (χ0n) is 7.85. The van der Waals surface area contributed by atoms with Gasteiger partial charge in [-0.15, -0.1) is 0 Å². The number of nitrogens with one attached hydrogen (secondary N) is 1. The summed E-state index contributed by atoms with van der Waals surface area (Å²) in [4.78, 5) is 8.02. The van der Waals surface area contributed by atoms with Gasteiger partial charge in [-0.25, -0.2) is 4.98 Å². The second kappa shape index (κ2) is 2.92. The minimum absolute atomic E-state index is 0.538. The van der Waals surface area contributed by atoms with Gasteiger partial charge in [0.15, 0.2) is 0 Å². The van der Waals surface area contributed by atoms with Crippen molar-refractivity contribution in [2.24, 2.45) is 0 Å². The Hall–Kier alpha value is -0.790. The molecule has 1 aliphatic rings. The van der Waals surface area contributed by atoms with Gasteiger partial charge < -0.3 is 4.98 Å². The molecule has 0 atom stereocenters. The fraction of sp³-hybridized carbons (Fsp3) is 0.700. The van der Waals surface area contributed by atoms with Gasteiger partial charge in [0.2, 0.25) is 0 Å². The summed E-state index contributed by atoms with van der Waals surface area (Å²) in [6, 6.07) is 0. The highest BCUT2D eigenvalue weighted by Crippen LogP contribution is 2.21. The summed E-state index contributed by atoms with van der Waals surface area (Å²) in [7, 11) is 0. The van der Waals surface area contributed by atoms with Crippen molar-refractivity contribution in [1.29, 1.82) is 0 Å². The standard InChI is InChI=1S/C10H16N2/c1-7(2)10-11-8-5-3-4-6-9(8)12-10/h7H,3-6H2,1-2H3,(H,11,12). The first-order chi connectivity index (χ1) is 5.77. The molecule has 66 valence electrons. The van der Waals surface area contributed by atoms with Gasteiger partial charge in [-0.3, -0.25) is 0 Å². The molecule has 1 aromatic rings. The summed E-state index contributed by atoms with van der Waals surface area (Å²) in [5.74, 6) is 1.71. The van der Waals surface area contributed by atoms with E-state index in [0.717, 1.165) is 0 Å². The maximum atomic E-state index is 4.59. The zero-order chi connectivity index (χ0) is 8.55. The molecule has 0 bridgehead atoms. The molecule has 0 amide bonds. The van der Waals surface area contributed by atoms with Crippen molar-refractivity contribution >= 4 is 0 Å². The van der Waals surface area contributed by atoms with Crippen LogP contribution in [0, 0.1) is 0 Å². The smallest absolute Gasteiger partial charge is 0.109 e. The van der Waals surface area contributed by atoms with Gasteiger partial charge in [0, 0.05) is 11.6 Å². The number of rotatable bonds is 1. The fourth-order valence-corrected chi connectivity index (χ4v) is 1.75. The molecule has 1 aromatic heterocycles. The quantitative estimate of drug-likeness (QED) is 0.678. The van der Waals surface area contributed by atoms with Crippen molar-refractivity contribution in [3.63, 3.8) is 0 Å². The van der Waals surface area contributed by atoms with Gasteiger partial charge in [0.05, 0.1) is 5.69 Å². The van der Waals surface area contributed by atoms with Crippen molar-refractivity contribution < 1.29 is 0 Å². The van der Waals surface area contributed by atoms with Gasteiger partial charge >= 0.3 is 0 Å². The number of hydrogen-bond donors (Lipinski definition) is 1. The Bertz CT molecular complexity index is 250. The SMILES string of the molecule is CC(C)c1nc2c([nH]1)CCCC2. The van der Waals surface area contributed by atoms with E-state index in [0.29, 0.717) is 5.92 Å². The van der Waals surface area contributed by atoms with E-state index in [-0.39, 0.29) is 0 Å². The molecule has 0 aliphatic heterocycles. The number of aromatic amines is 1. The highest BCUT2D eigenvalue weighted by atomic mass is 14.9. The molecule has 0 spiro atoms. The van der Waals surface area contributed by atoms with Gasteiger partial charge in [-0.2, -0.15) is 0 Å². The molecule has 1 aliphatic carbocycles. The van der Waals surface area contributed by atoms with Crippen molar-refractivity contribution in [3.8, 4) is 0 Å². The number of fused-ring (bicyclic) bond motifs is 1. The van der Waals surface area contributed by atoms with Crippen molar-refractivity contribution in [1.82, 2.24) is 9.97 Å². The van der Waals surface area contributed by atoms with E-state index in [1.165, 1.54) is 42.9 Å². The minimum atomic E-state index is 0.538. The highest BCUT2D eigenvalue weighted by Gasteiger charge is 2.15. The molecule has 2 nitrogen and oxygen atoms in total. The predicted molar refractivity (Wildman–Crippen MR) is 49.3 cm³/mol. The monoisotopic (exact) mass is 164 g/mol. The number of hydrogen-bond acceptors (Lipinski definition) is 1. The van der Waals surface area contributed by atoms with Gasteiger partial charge in [-0.05, 0) is 25.7 Å². The molecule has 0 unspecified atom stereocenters. The highest BCUT2D eigenvalue weighted by molar-refractivity contribution is 5.18. The van der Waals surface area contributed by atoms with Crippen molar-refractivity contribution in [2.75, 3.05) is 0 Å². The topological polar surface area (TPSA) is 28.7 Å². The Balaban J connectivity index is 2.32. The summed E-state index contributed by atoms with van der Waals surface area (Å²) in [6.07, 6.45) is 5.02. The Morgan fingerprint density at radius 3 is 2.67 bits per heavy atom. The maximum absolute atomic E-state index is 4.59. The molecule has 1 N–H and O–H groups in total. The van der Waals surface area contributed by atoms with E-state index in [1.54, 1.807) is 0 Å². The Labute approximate surface area is 73.4 Å². The van der Waals surface area contributed by atoms with Crippen LogP contribution in [0.15, 0.2) is 0 Å². The number of imidazole rings is 1. The number of aromatic nitrogens is 2. The lowest BCUT2D eigenvalue weighted by molar-refractivity contribution is 0.667. The van der Waals surface area contributed by atoms with E-state index in [4.69, 9.17) is 0 Å². The first kappa shape index (κ1) is 7.84. The third kappa shape index (κ3) is 1.26. The molecule has 0 radical (unpaired) electrons. The summed E-state index contributed by atoms with van der Waals surface area (Å²) in [5, 5.41) is 0. The third-order valence-electron chi connectivity index (χ3n) is 2.52. The second-order valence-electron chi connectivity index (χ2n) is 3.91. The summed E-state index contributed by atoms with van der Waals surface area (Å²) < 4.78 is 0. The Morgan fingerprint density at radius 1 is 1.25 bits per heavy atom. The normalized spacial score (nSPS) is 16.6. The van der Waals surface area contributed by atoms with Crippen LogP contribution in [0.1, 0.15) is 49.8 Å². The first-order valence-corrected chi connectivity index (χ1v) is 4.85. The van der Waals surface area contributed by atoms with E-state index < -0.39 is 0 Å². The maximum Gasteiger partial charge on any atom is 0.109 e. The molecular weight excluding hydrogens is 148 g/mol. The van der Waals surface area contributed by atoms with Crippen LogP contribution in [0.5, 0.6) is 0 Å². The lowest BCUT2D eigenvalue weighted by atomic mass is 10.0. The van der Waals surface area contributed by atoms with E-state index in [9.17, 15) is 0 Å². The molecule has 0 aromatic carbocycles. The van der Waals surface area contributed by atoms with Crippen LogP contribution >= 0.6 is 0 Å². The van der Waals surface area contributed by atoms with Crippen LogP contribution in [0.25, 0.3) is 0 Å². The summed E-state index contributed by atoms with van der Waals surface area (Å²) in [5.41, 5.74) is 2.72. The van der Waals surface area contributed by atoms with Crippen LogP contribution in [-0.4, -0.2) is 9.97 Å². The van der Waals surface area contributed by atoms with Crippen molar-refractivity contribution in [2.45, 2.75) is 45.4 Å². The average molecular weight is 164 g/mol. The van der Waals surface area contributed by atoms with Gasteiger partial charge in [0.1, 0.15) is 5.82 Å². The number of aryl methyl sites for hydroxylation is 2. The average Bonchev–Trinajstić information content (AvgIpc) is 2.46. The van der Waals surface area contributed by atoms with Crippen LogP contribution in [0.2, 0.25) is 0 Å². The number of nitrogens with zero attached hydrogens (tertiary/aromatic N) is 1. The molecule has 1 heterocycles. The van der Waals surface area contributed by atoms with E-state index >= 15 is 0 Å². The van der Waals surface area contributed by atoms with Gasteiger partial charge in [-0.1, -0.05) is 13.8 Å². The molecule has 2 rings (SSSR count). The lowest BCUT2D eigenvalue weighted by Crippen LogP contribution is -2.00. The Kier molecular flexibility index (Phi) is 1.91. The number of H-pyrrole nitrogens is 1. The fourth-order valence-electron chi connectivity index (χ4n) is 1.75. The van der Waals surface area contributed by atoms with Crippen LogP contribution < -0.4 is 0 Å². The van der Waals surface area contributed by atoms with E-state index in [1.807, 2.05) is 0 Å². The largest absolute Gasteiger partial charge is 0.345 e. The molecular formula is C10H16N2. The molecule has 2 heteroatoms. The minimum Gasteiger partial charge on any atom is -0.345 e. The van der Waals surface area contributed by atoms with Gasteiger partial charge in [0.25, 0.3) is 0 Å². The third-order valence-corrected chi connectivity index (χ3v) is 2.52. The van der Waals surface area contributed by atoms with E-state index in [2.05, 4.69) is 23.8 Å². The molecule has 12 heavy (non-hydrogen) atoms. The van der Waals surface area contributed by atoms with Crippen LogP contribution in [0.3, 0.4) is 0 Å². The first-order valence-electron chi connectivity index (χ1n) is 4.85. The Morgan fingerprint density at radius 2 is 2.00 bits per heavy atom. The predicted octanol–water partition coefficient (Wildman–Crippen LogP) is 2.41. The van der Waals surface area contributed by atoms with Crippen LogP contribution in [-0.2, 0) is 12.8 Å². The molecule has 0 saturated carbocycles. The molecule has 0 saturated heterocycles. The van der Waals surface area contributed by atoms with Crippen molar-refractivity contribution in [3.05, 3.63) is 17.2 Å². The van der Waals surface area contributed by atoms with Crippen LogP contribution in [0.4, 0.5) is 0 Å².